The Labute approximate surface area is 170 Å². The van der Waals surface area contributed by atoms with Gasteiger partial charge >= 0.3 is 5.97 Å². The zero-order valence-electron chi connectivity index (χ0n) is 17.6. The fraction of sp³-hybridized carbons (Fsp3) is 0.682. The lowest BCUT2D eigenvalue weighted by Crippen LogP contribution is -2.51. The molecule has 0 atom stereocenters. The van der Waals surface area contributed by atoms with E-state index in [9.17, 15) is 9.90 Å². The van der Waals surface area contributed by atoms with Gasteiger partial charge in [0.2, 0.25) is 0 Å². The van der Waals surface area contributed by atoms with Gasteiger partial charge in [-0.25, -0.2) is 4.79 Å². The third-order valence-electron chi connectivity index (χ3n) is 6.38. The number of hydrogen-bond donors (Lipinski definition) is 1. The number of carboxylic acid groups (broad SMARTS) is 1. The minimum Gasteiger partial charge on any atom is -0.542 e. The van der Waals surface area contributed by atoms with Crippen LogP contribution in [-0.4, -0.2) is 19.4 Å². The largest absolute Gasteiger partial charge is 0.542 e. The van der Waals surface area contributed by atoms with Crippen LogP contribution in [-0.2, 0) is 0 Å². The van der Waals surface area contributed by atoms with E-state index in [2.05, 4.69) is 41.5 Å². The van der Waals surface area contributed by atoms with Crippen LogP contribution in [0.15, 0.2) is 12.1 Å². The van der Waals surface area contributed by atoms with Crippen molar-refractivity contribution in [2.24, 2.45) is 0 Å². The summed E-state index contributed by atoms with van der Waals surface area (Å²) in [6.07, 6.45) is 5.83. The van der Waals surface area contributed by atoms with Crippen LogP contribution in [0.4, 0.5) is 0 Å². The first kappa shape index (κ1) is 22.3. The lowest BCUT2D eigenvalue weighted by molar-refractivity contribution is 0.0694. The molecule has 3 nitrogen and oxygen atoms in total. The minimum atomic E-state index is -2.29. The second-order valence-electron chi connectivity index (χ2n) is 8.90. The molecule has 1 aliphatic carbocycles. The van der Waals surface area contributed by atoms with E-state index in [0.29, 0.717) is 28.3 Å². The molecular weight excluding hydrogens is 376 g/mol. The second-order valence-corrected chi connectivity index (χ2v) is 14.7. The van der Waals surface area contributed by atoms with Crippen LogP contribution < -0.4 is 4.43 Å². The number of rotatable bonds is 7. The molecule has 0 bridgehead atoms. The fourth-order valence-electron chi connectivity index (χ4n) is 5.15. The van der Waals surface area contributed by atoms with Gasteiger partial charge in [-0.3, -0.25) is 0 Å². The van der Waals surface area contributed by atoms with E-state index >= 15 is 0 Å². The zero-order chi connectivity index (χ0) is 20.4. The van der Waals surface area contributed by atoms with Gasteiger partial charge in [0.05, 0.1) is 5.02 Å². The van der Waals surface area contributed by atoms with Crippen molar-refractivity contribution in [3.63, 3.8) is 0 Å². The van der Waals surface area contributed by atoms with Crippen molar-refractivity contribution < 1.29 is 14.3 Å². The quantitative estimate of drug-likeness (QED) is 0.469. The third-order valence-corrected chi connectivity index (χ3v) is 12.7. The number of benzene rings is 1. The van der Waals surface area contributed by atoms with Gasteiger partial charge < -0.3 is 9.53 Å². The summed E-state index contributed by atoms with van der Waals surface area (Å²) in [7, 11) is -2.29. The van der Waals surface area contributed by atoms with Crippen LogP contribution >= 0.6 is 11.6 Å². The highest BCUT2D eigenvalue weighted by Crippen LogP contribution is 2.48. The maximum atomic E-state index is 12.1. The molecule has 1 saturated carbocycles. The first-order valence-electron chi connectivity index (χ1n) is 10.4. The molecule has 152 valence electrons. The summed E-state index contributed by atoms with van der Waals surface area (Å²) in [5, 5.41) is 10.2. The van der Waals surface area contributed by atoms with E-state index in [1.165, 1.54) is 19.3 Å². The van der Waals surface area contributed by atoms with E-state index in [4.69, 9.17) is 16.0 Å². The highest BCUT2D eigenvalue weighted by Gasteiger charge is 2.48. The van der Waals surface area contributed by atoms with Gasteiger partial charge in [0.1, 0.15) is 11.3 Å². The van der Waals surface area contributed by atoms with Crippen molar-refractivity contribution in [2.75, 3.05) is 0 Å². The van der Waals surface area contributed by atoms with Gasteiger partial charge in [0.25, 0.3) is 8.32 Å². The van der Waals surface area contributed by atoms with Gasteiger partial charge in [-0.2, -0.15) is 0 Å². The molecule has 5 heteroatoms. The maximum absolute atomic E-state index is 12.1. The SMILES string of the molecule is CC(C)[Si](Oc1c(C2CCCCC2)ccc(Cl)c1C(=O)O)(C(C)C)C(C)C. The predicted octanol–water partition coefficient (Wildman–Crippen LogP) is 7.64. The van der Waals surface area contributed by atoms with E-state index in [1.54, 1.807) is 6.07 Å². The van der Waals surface area contributed by atoms with E-state index in [0.717, 1.165) is 18.4 Å². The van der Waals surface area contributed by atoms with Gasteiger partial charge in [0, 0.05) is 0 Å². The van der Waals surface area contributed by atoms with Crippen LogP contribution in [0.1, 0.15) is 95.5 Å². The average molecular weight is 411 g/mol. The minimum absolute atomic E-state index is 0.151. The van der Waals surface area contributed by atoms with E-state index in [1.807, 2.05) is 6.07 Å². The highest BCUT2D eigenvalue weighted by molar-refractivity contribution is 6.78. The zero-order valence-corrected chi connectivity index (χ0v) is 19.4. The third kappa shape index (κ3) is 4.37. The lowest BCUT2D eigenvalue weighted by Gasteiger charge is -2.43. The van der Waals surface area contributed by atoms with Crippen molar-refractivity contribution >= 4 is 25.9 Å². The Kier molecular flexibility index (Phi) is 7.43. The number of hydrogen-bond acceptors (Lipinski definition) is 2. The summed E-state index contributed by atoms with van der Waals surface area (Å²) in [5.41, 5.74) is 2.32. The Bertz CT molecular complexity index is 642. The van der Waals surface area contributed by atoms with Crippen LogP contribution in [0.2, 0.25) is 21.6 Å². The van der Waals surface area contributed by atoms with Gasteiger partial charge in [-0.15, -0.1) is 0 Å². The smallest absolute Gasteiger partial charge is 0.340 e. The molecule has 1 aliphatic rings. The van der Waals surface area contributed by atoms with Crippen molar-refractivity contribution in [1.29, 1.82) is 0 Å². The Morgan fingerprint density at radius 1 is 1.04 bits per heavy atom. The maximum Gasteiger partial charge on any atom is 0.340 e. The van der Waals surface area contributed by atoms with Crippen molar-refractivity contribution in [1.82, 2.24) is 0 Å². The Hall–Kier alpha value is -1.00. The van der Waals surface area contributed by atoms with Crippen molar-refractivity contribution in [3.8, 4) is 5.75 Å². The molecule has 1 aromatic rings. The van der Waals surface area contributed by atoms with Crippen LogP contribution in [0.5, 0.6) is 5.75 Å². The lowest BCUT2D eigenvalue weighted by atomic mass is 9.83. The Morgan fingerprint density at radius 3 is 2.00 bits per heavy atom. The Morgan fingerprint density at radius 2 is 1.56 bits per heavy atom. The topological polar surface area (TPSA) is 46.5 Å². The molecule has 0 amide bonds. The molecule has 1 fully saturated rings. The molecule has 0 aromatic heterocycles. The van der Waals surface area contributed by atoms with Gasteiger partial charge in [0.15, 0.2) is 0 Å². The Balaban J connectivity index is 2.67. The molecule has 0 unspecified atom stereocenters. The van der Waals surface area contributed by atoms with Gasteiger partial charge in [-0.1, -0.05) is 78.5 Å². The van der Waals surface area contributed by atoms with E-state index in [-0.39, 0.29) is 10.6 Å². The summed E-state index contributed by atoms with van der Waals surface area (Å²) < 4.78 is 6.92. The number of aromatic carboxylic acids is 1. The number of halogens is 1. The normalized spacial score (nSPS) is 16.4. The first-order valence-corrected chi connectivity index (χ1v) is 12.9. The molecule has 1 aromatic carbocycles. The fourth-order valence-corrected chi connectivity index (χ4v) is 10.7. The van der Waals surface area contributed by atoms with Crippen molar-refractivity contribution in [3.05, 3.63) is 28.3 Å². The van der Waals surface area contributed by atoms with Crippen LogP contribution in [0.25, 0.3) is 0 Å². The second kappa shape index (κ2) is 9.00. The molecule has 0 radical (unpaired) electrons. The van der Waals surface area contributed by atoms with E-state index < -0.39 is 14.3 Å². The average Bonchev–Trinajstić information content (AvgIpc) is 2.59. The summed E-state index contributed by atoms with van der Waals surface area (Å²) in [6.45, 7) is 13.3. The predicted molar refractivity (Wildman–Crippen MR) is 116 cm³/mol. The molecule has 27 heavy (non-hydrogen) atoms. The molecule has 2 rings (SSSR count). The molecule has 0 saturated heterocycles. The molecule has 0 heterocycles. The highest BCUT2D eigenvalue weighted by atomic mass is 35.5. The molecular formula is C22H35ClO3Si. The summed E-state index contributed by atoms with van der Waals surface area (Å²) in [4.78, 5) is 12.1. The molecule has 1 N–H and O–H groups in total. The first-order chi connectivity index (χ1) is 12.6. The summed E-state index contributed by atoms with van der Waals surface area (Å²) in [6, 6.07) is 3.76. The molecule has 0 spiro atoms. The van der Waals surface area contributed by atoms with Gasteiger partial charge in [-0.05, 0) is 47.0 Å². The van der Waals surface area contributed by atoms with Crippen molar-refractivity contribution in [2.45, 2.75) is 96.2 Å². The summed E-state index contributed by atoms with van der Waals surface area (Å²) in [5.74, 6) is -0.0706. The van der Waals surface area contributed by atoms with Crippen LogP contribution in [0.3, 0.4) is 0 Å². The monoisotopic (exact) mass is 410 g/mol. The number of carboxylic acids is 1. The summed E-state index contributed by atoms with van der Waals surface area (Å²) >= 11 is 6.36. The molecule has 0 aliphatic heterocycles. The number of carbonyl (C=O) groups is 1. The van der Waals surface area contributed by atoms with Crippen LogP contribution in [0, 0.1) is 0 Å². The standard InChI is InChI=1S/C22H35ClO3Si/c1-14(2)27(15(3)4,16(5)6)26-21-18(17-10-8-7-9-11-17)12-13-19(23)20(21)22(24)25/h12-17H,7-11H2,1-6H3,(H,24,25).